The van der Waals surface area contributed by atoms with Crippen LogP contribution in [-0.2, 0) is 0 Å². The highest BCUT2D eigenvalue weighted by molar-refractivity contribution is 14.1. The third kappa shape index (κ3) is 1.98. The van der Waals surface area contributed by atoms with E-state index in [9.17, 15) is 22.0 Å². The van der Waals surface area contributed by atoms with Crippen molar-refractivity contribution in [1.82, 2.24) is 9.55 Å². The Morgan fingerprint density at radius 2 is 1.88 bits per heavy atom. The molecule has 1 heterocycles. The van der Waals surface area contributed by atoms with Gasteiger partial charge in [0.15, 0.2) is 5.82 Å². The molecule has 1 aromatic carbocycles. The lowest BCUT2D eigenvalue weighted by atomic mass is 10.3. The molecule has 17 heavy (non-hydrogen) atoms. The molecule has 2 aromatic rings. The van der Waals surface area contributed by atoms with Crippen molar-refractivity contribution in [3.8, 4) is 0 Å². The van der Waals surface area contributed by atoms with E-state index in [-0.39, 0.29) is 14.6 Å². The van der Waals surface area contributed by atoms with E-state index < -0.39 is 24.4 Å². The van der Waals surface area contributed by atoms with Crippen LogP contribution in [0.4, 0.5) is 22.0 Å². The monoisotopic (exact) mass is 362 g/mol. The van der Waals surface area contributed by atoms with Crippen LogP contribution < -0.4 is 0 Å². The number of hydrogen-bond donors (Lipinski definition) is 0. The first-order valence-corrected chi connectivity index (χ1v) is 5.43. The Morgan fingerprint density at radius 1 is 1.24 bits per heavy atom. The average molecular weight is 362 g/mol. The van der Waals surface area contributed by atoms with E-state index in [2.05, 4.69) is 4.98 Å². The molecule has 0 aliphatic heterocycles. The van der Waals surface area contributed by atoms with Crippen molar-refractivity contribution in [3.63, 3.8) is 0 Å². The molecule has 0 radical (unpaired) electrons. The number of rotatable bonds is 2. The van der Waals surface area contributed by atoms with E-state index in [1.807, 2.05) is 0 Å². The number of halogens is 6. The summed E-state index contributed by atoms with van der Waals surface area (Å²) < 4.78 is 64.3. The van der Waals surface area contributed by atoms with E-state index in [1.165, 1.54) is 22.6 Å². The lowest BCUT2D eigenvalue weighted by molar-refractivity contribution is 0.0103. The van der Waals surface area contributed by atoms with E-state index in [1.54, 1.807) is 0 Å². The predicted molar refractivity (Wildman–Crippen MR) is 58.5 cm³/mol. The van der Waals surface area contributed by atoms with Gasteiger partial charge in [0.2, 0.25) is 6.30 Å². The van der Waals surface area contributed by atoms with Crippen molar-refractivity contribution in [2.45, 2.75) is 12.7 Å². The van der Waals surface area contributed by atoms with Crippen LogP contribution in [-0.4, -0.2) is 16.0 Å². The minimum absolute atomic E-state index is 0.312. The number of alkyl halides is 3. The van der Waals surface area contributed by atoms with Gasteiger partial charge in [-0.2, -0.15) is 0 Å². The normalized spacial score (nSPS) is 13.6. The van der Waals surface area contributed by atoms with Gasteiger partial charge in [0, 0.05) is 6.07 Å². The van der Waals surface area contributed by atoms with Crippen LogP contribution in [0.25, 0.3) is 11.0 Å². The maximum Gasteiger partial charge on any atom is 0.288 e. The molecule has 92 valence electrons. The molecule has 1 atom stereocenters. The van der Waals surface area contributed by atoms with Gasteiger partial charge >= 0.3 is 0 Å². The van der Waals surface area contributed by atoms with Crippen molar-refractivity contribution >= 4 is 33.6 Å². The highest BCUT2D eigenvalue weighted by Crippen LogP contribution is 2.28. The maximum atomic E-state index is 13.5. The summed E-state index contributed by atoms with van der Waals surface area (Å²) in [6.45, 7) is 0. The first kappa shape index (κ1) is 12.5. The number of nitrogens with zero attached hydrogens (tertiary/aromatic N) is 2. The number of fused-ring (bicyclic) bond motifs is 1. The second kappa shape index (κ2) is 4.39. The molecule has 0 N–H and O–H groups in total. The van der Waals surface area contributed by atoms with Crippen molar-refractivity contribution in [3.05, 3.63) is 27.6 Å². The number of imidazole rings is 1. The van der Waals surface area contributed by atoms with Gasteiger partial charge in [0.1, 0.15) is 11.3 Å². The summed E-state index contributed by atoms with van der Waals surface area (Å²) in [7, 11) is 0. The minimum atomic E-state index is -3.29. The average Bonchev–Trinajstić information content (AvgIpc) is 2.68. The van der Waals surface area contributed by atoms with Gasteiger partial charge in [-0.05, 0) is 22.6 Å². The summed E-state index contributed by atoms with van der Waals surface area (Å²) in [6, 6.07) is 0.780. The van der Waals surface area contributed by atoms with Gasteiger partial charge in [0.25, 0.3) is 6.43 Å². The minimum Gasteiger partial charge on any atom is -0.294 e. The van der Waals surface area contributed by atoms with Gasteiger partial charge in [0.05, 0.1) is 15.4 Å². The van der Waals surface area contributed by atoms with Crippen LogP contribution in [0, 0.1) is 15.2 Å². The van der Waals surface area contributed by atoms with Crippen molar-refractivity contribution in [1.29, 1.82) is 0 Å². The number of hydrogen-bond acceptors (Lipinski definition) is 1. The predicted octanol–water partition coefficient (Wildman–Crippen LogP) is 3.65. The molecule has 1 aromatic heterocycles. The Balaban J connectivity index is 2.69. The van der Waals surface area contributed by atoms with Crippen LogP contribution in [0.15, 0.2) is 12.4 Å². The fraction of sp³-hybridized carbons (Fsp3) is 0.222. The Bertz CT molecular complexity index is 568. The summed E-state index contributed by atoms with van der Waals surface area (Å²) in [5.41, 5.74) is -0.674. The second-order valence-corrected chi connectivity index (χ2v) is 4.29. The van der Waals surface area contributed by atoms with E-state index in [4.69, 9.17) is 0 Å². The molecule has 0 fully saturated rings. The molecule has 8 heteroatoms. The van der Waals surface area contributed by atoms with Crippen LogP contribution in [0.5, 0.6) is 0 Å². The molecule has 0 bridgehead atoms. The third-order valence-electron chi connectivity index (χ3n) is 2.18. The zero-order valence-electron chi connectivity index (χ0n) is 7.97. The quantitative estimate of drug-likeness (QED) is 0.453. The van der Waals surface area contributed by atoms with Gasteiger partial charge in [-0.25, -0.2) is 26.9 Å². The second-order valence-electron chi connectivity index (χ2n) is 3.21. The standard InChI is InChI=1S/C9H4F5IN2/c10-3-1-4-7(5(11)6(3)15)16-2-17(4)9(14)8(12)13/h1-2,8-9H. The van der Waals surface area contributed by atoms with Crippen molar-refractivity contribution in [2.75, 3.05) is 0 Å². The zero-order chi connectivity index (χ0) is 12.7. The Morgan fingerprint density at radius 3 is 2.47 bits per heavy atom. The van der Waals surface area contributed by atoms with Crippen LogP contribution in [0.1, 0.15) is 6.30 Å². The summed E-state index contributed by atoms with van der Waals surface area (Å²) >= 11 is 1.42. The van der Waals surface area contributed by atoms with Crippen LogP contribution in [0.3, 0.4) is 0 Å². The third-order valence-corrected chi connectivity index (χ3v) is 3.17. The Kier molecular flexibility index (Phi) is 3.23. The van der Waals surface area contributed by atoms with Gasteiger partial charge in [-0.1, -0.05) is 0 Å². The SMILES string of the molecule is Fc1cc2c(ncn2C(F)C(F)F)c(F)c1I. The molecule has 0 saturated carbocycles. The van der Waals surface area contributed by atoms with E-state index >= 15 is 0 Å². The first-order valence-electron chi connectivity index (χ1n) is 4.35. The fourth-order valence-electron chi connectivity index (χ4n) is 1.39. The van der Waals surface area contributed by atoms with E-state index in [0.29, 0.717) is 4.57 Å². The van der Waals surface area contributed by atoms with Gasteiger partial charge in [-0.15, -0.1) is 0 Å². The van der Waals surface area contributed by atoms with Crippen LogP contribution in [0.2, 0.25) is 0 Å². The summed E-state index contributed by atoms with van der Waals surface area (Å²) in [4.78, 5) is 3.47. The molecule has 0 spiro atoms. The Labute approximate surface area is 106 Å². The Hall–Kier alpha value is -0.930. The molecular weight excluding hydrogens is 358 g/mol. The van der Waals surface area contributed by atoms with E-state index in [0.717, 1.165) is 12.4 Å². The largest absolute Gasteiger partial charge is 0.294 e. The number of aromatic nitrogens is 2. The maximum absolute atomic E-state index is 13.5. The van der Waals surface area contributed by atoms with Gasteiger partial charge in [-0.3, -0.25) is 4.57 Å². The summed E-state index contributed by atoms with van der Waals surface area (Å²) in [5.74, 6) is -1.93. The number of benzene rings is 1. The zero-order valence-corrected chi connectivity index (χ0v) is 10.1. The summed E-state index contributed by atoms with van der Waals surface area (Å²) in [5, 5.41) is 0. The lowest BCUT2D eigenvalue weighted by Gasteiger charge is -2.09. The lowest BCUT2D eigenvalue weighted by Crippen LogP contribution is -2.11. The highest BCUT2D eigenvalue weighted by atomic mass is 127. The van der Waals surface area contributed by atoms with Crippen molar-refractivity contribution < 1.29 is 22.0 Å². The summed E-state index contributed by atoms with van der Waals surface area (Å²) in [6.07, 6.45) is -5.25. The van der Waals surface area contributed by atoms with Gasteiger partial charge < -0.3 is 0 Å². The molecule has 0 aliphatic rings. The topological polar surface area (TPSA) is 17.8 Å². The molecule has 2 nitrogen and oxygen atoms in total. The molecular formula is C9H4F5IN2. The van der Waals surface area contributed by atoms with Crippen LogP contribution >= 0.6 is 22.6 Å². The molecule has 0 amide bonds. The smallest absolute Gasteiger partial charge is 0.288 e. The fourth-order valence-corrected chi connectivity index (χ4v) is 1.80. The first-order chi connectivity index (χ1) is 7.93. The highest BCUT2D eigenvalue weighted by Gasteiger charge is 2.25. The van der Waals surface area contributed by atoms with Crippen molar-refractivity contribution in [2.24, 2.45) is 0 Å². The molecule has 0 saturated heterocycles. The molecule has 2 rings (SSSR count). The molecule has 1 unspecified atom stereocenters. The molecule has 0 aliphatic carbocycles.